The Bertz CT molecular complexity index is 920. The second kappa shape index (κ2) is 7.06. The minimum atomic E-state index is -2.04. The fraction of sp³-hybridized carbons (Fsp3) is 0.450. The van der Waals surface area contributed by atoms with E-state index in [-0.39, 0.29) is 36.0 Å². The number of amides is 2. The van der Waals surface area contributed by atoms with Gasteiger partial charge in [0, 0.05) is 12.6 Å². The van der Waals surface area contributed by atoms with Crippen molar-refractivity contribution in [2.45, 2.75) is 38.8 Å². The lowest BCUT2D eigenvalue weighted by atomic mass is 9.82. The molecule has 29 heavy (non-hydrogen) atoms. The summed E-state index contributed by atoms with van der Waals surface area (Å²) in [4.78, 5) is 39.9. The van der Waals surface area contributed by atoms with Gasteiger partial charge in [-0.1, -0.05) is 12.1 Å². The van der Waals surface area contributed by atoms with Crippen molar-refractivity contribution in [2.24, 2.45) is 0 Å². The van der Waals surface area contributed by atoms with E-state index in [0.717, 1.165) is 4.90 Å². The highest BCUT2D eigenvalue weighted by Gasteiger charge is 2.60. The summed E-state index contributed by atoms with van der Waals surface area (Å²) in [6.45, 7) is 6.46. The predicted molar refractivity (Wildman–Crippen MR) is 100 cm³/mol. The number of nitrogens with zero attached hydrogens (tertiary/aromatic N) is 1. The number of hydrogen-bond acceptors (Lipinski definition) is 6. The molecule has 156 valence electrons. The molecule has 1 atom stereocenters. The van der Waals surface area contributed by atoms with Crippen LogP contribution in [0.25, 0.3) is 0 Å². The van der Waals surface area contributed by atoms with Crippen LogP contribution in [-0.4, -0.2) is 43.6 Å². The van der Waals surface area contributed by atoms with Gasteiger partial charge in [-0.05, 0) is 33.8 Å². The van der Waals surface area contributed by atoms with Crippen LogP contribution in [-0.2, 0) is 29.3 Å². The van der Waals surface area contributed by atoms with Gasteiger partial charge in [0.15, 0.2) is 12.1 Å². The average Bonchev–Trinajstić information content (AvgIpc) is 3.06. The Kier molecular flexibility index (Phi) is 5.02. The summed E-state index contributed by atoms with van der Waals surface area (Å²) in [6, 6.07) is 4.06. The van der Waals surface area contributed by atoms with Crippen LogP contribution in [0.15, 0.2) is 29.7 Å². The fourth-order valence-corrected chi connectivity index (χ4v) is 3.51. The number of carbonyl (C=O) groups is 3. The summed E-state index contributed by atoms with van der Waals surface area (Å²) in [7, 11) is 1.37. The van der Waals surface area contributed by atoms with Gasteiger partial charge >= 0.3 is 6.09 Å². The maximum absolute atomic E-state index is 14.6. The summed E-state index contributed by atoms with van der Waals surface area (Å²) in [5, 5.41) is 2.52. The number of rotatable bonds is 4. The van der Waals surface area contributed by atoms with E-state index in [1.54, 1.807) is 27.7 Å². The normalized spacial score (nSPS) is 21.2. The number of fused-ring (bicyclic) bond motifs is 1. The summed E-state index contributed by atoms with van der Waals surface area (Å²) in [5.41, 5.74) is -3.03. The number of hydrogen-bond donors (Lipinski definition) is 1. The van der Waals surface area contributed by atoms with Gasteiger partial charge in [0.1, 0.15) is 17.0 Å². The molecule has 0 bridgehead atoms. The van der Waals surface area contributed by atoms with E-state index < -0.39 is 34.7 Å². The molecule has 0 aromatic heterocycles. The maximum atomic E-state index is 14.6. The lowest BCUT2D eigenvalue weighted by Crippen LogP contribution is -2.56. The van der Waals surface area contributed by atoms with Gasteiger partial charge in [-0.3, -0.25) is 14.9 Å². The second-order valence-electron chi connectivity index (χ2n) is 7.68. The number of carbonyl (C=O) groups excluding carboxylic acids is 3. The summed E-state index contributed by atoms with van der Waals surface area (Å²) in [6.07, 6.45) is -0.945. The zero-order valence-corrected chi connectivity index (χ0v) is 16.9. The molecular weight excluding hydrogens is 383 g/mol. The molecule has 0 saturated carbocycles. The number of Topliss-reactive ketones (excluding diaryl/α,β-unsaturated/α-hetero) is 1. The molecule has 2 amide bonds. The standard InChI is InChI=1S/C20H23FN2O6/c1-6-27-16-14(13(24)10-28-16)20(22-18(26)29-19(2,3)4)11-8-7-9-12(21)15(11)23(5)17(20)25/h7-9H,6,10H2,1-5H3,(H,22,26)/t20-/m1/s1. The third-order valence-electron chi connectivity index (χ3n) is 4.51. The molecule has 1 aromatic carbocycles. The van der Waals surface area contributed by atoms with Crippen LogP contribution >= 0.6 is 0 Å². The number of nitrogens with one attached hydrogen (secondary N) is 1. The molecule has 0 aliphatic carbocycles. The Morgan fingerprint density at radius 1 is 1.34 bits per heavy atom. The molecule has 2 aliphatic rings. The minimum absolute atomic E-state index is 0.0448. The molecule has 3 rings (SSSR count). The zero-order chi connectivity index (χ0) is 21.6. The molecule has 1 aromatic rings. The molecule has 0 radical (unpaired) electrons. The average molecular weight is 406 g/mol. The number of ketones is 1. The Balaban J connectivity index is 2.26. The predicted octanol–water partition coefficient (Wildman–Crippen LogP) is 2.37. The highest BCUT2D eigenvalue weighted by molar-refractivity contribution is 6.18. The Morgan fingerprint density at radius 3 is 2.66 bits per heavy atom. The largest absolute Gasteiger partial charge is 0.465 e. The first-order valence-corrected chi connectivity index (χ1v) is 9.14. The number of ether oxygens (including phenoxy) is 3. The Labute approximate surface area is 167 Å². The van der Waals surface area contributed by atoms with Crippen LogP contribution in [0.2, 0.25) is 0 Å². The minimum Gasteiger partial charge on any atom is -0.465 e. The first-order valence-electron chi connectivity index (χ1n) is 9.14. The number of anilines is 1. The van der Waals surface area contributed by atoms with Gasteiger partial charge in [-0.2, -0.15) is 0 Å². The van der Waals surface area contributed by atoms with Crippen molar-refractivity contribution in [1.82, 2.24) is 5.32 Å². The number of para-hydroxylation sites is 1. The maximum Gasteiger partial charge on any atom is 0.409 e. The van der Waals surface area contributed by atoms with Crippen molar-refractivity contribution < 1.29 is 33.0 Å². The Morgan fingerprint density at radius 2 is 2.03 bits per heavy atom. The lowest BCUT2D eigenvalue weighted by Gasteiger charge is -2.31. The number of likely N-dealkylation sites (N-methyl/N-ethyl adjacent to an activating group) is 1. The summed E-state index contributed by atoms with van der Waals surface area (Å²) >= 11 is 0. The smallest absolute Gasteiger partial charge is 0.409 e. The number of halogens is 1. The molecule has 0 spiro atoms. The van der Waals surface area contributed by atoms with Crippen LogP contribution in [0.3, 0.4) is 0 Å². The van der Waals surface area contributed by atoms with Crippen molar-refractivity contribution in [3.8, 4) is 0 Å². The van der Waals surface area contributed by atoms with E-state index in [2.05, 4.69) is 5.32 Å². The van der Waals surface area contributed by atoms with E-state index in [1.165, 1.54) is 25.2 Å². The van der Waals surface area contributed by atoms with E-state index in [1.807, 2.05) is 0 Å². The van der Waals surface area contributed by atoms with Crippen molar-refractivity contribution in [1.29, 1.82) is 0 Å². The van der Waals surface area contributed by atoms with Crippen molar-refractivity contribution >= 4 is 23.5 Å². The Hall–Kier alpha value is -3.10. The number of benzene rings is 1. The lowest BCUT2D eigenvalue weighted by molar-refractivity contribution is -0.125. The van der Waals surface area contributed by atoms with Gasteiger partial charge in [0.05, 0.1) is 12.3 Å². The first-order chi connectivity index (χ1) is 13.5. The third kappa shape index (κ3) is 3.30. The van der Waals surface area contributed by atoms with Crippen molar-refractivity contribution in [3.63, 3.8) is 0 Å². The van der Waals surface area contributed by atoms with Crippen LogP contribution in [0, 0.1) is 5.82 Å². The zero-order valence-electron chi connectivity index (χ0n) is 16.9. The van der Waals surface area contributed by atoms with Gasteiger partial charge < -0.3 is 19.1 Å². The molecule has 0 unspecified atom stereocenters. The van der Waals surface area contributed by atoms with Crippen LogP contribution in [0.1, 0.15) is 33.3 Å². The molecule has 8 nitrogen and oxygen atoms in total. The second-order valence-corrected chi connectivity index (χ2v) is 7.68. The third-order valence-corrected chi connectivity index (χ3v) is 4.51. The molecule has 2 heterocycles. The fourth-order valence-electron chi connectivity index (χ4n) is 3.51. The van der Waals surface area contributed by atoms with Crippen LogP contribution < -0.4 is 10.2 Å². The molecule has 2 aliphatic heterocycles. The highest BCUT2D eigenvalue weighted by Crippen LogP contribution is 2.47. The van der Waals surface area contributed by atoms with E-state index in [4.69, 9.17) is 14.2 Å². The van der Waals surface area contributed by atoms with Gasteiger partial charge in [0.25, 0.3) is 11.9 Å². The summed E-state index contributed by atoms with van der Waals surface area (Å²) < 4.78 is 30.6. The molecule has 1 N–H and O–H groups in total. The van der Waals surface area contributed by atoms with Crippen LogP contribution in [0.5, 0.6) is 0 Å². The first kappa shape index (κ1) is 20.6. The molecule has 0 fully saturated rings. The van der Waals surface area contributed by atoms with Crippen LogP contribution in [0.4, 0.5) is 14.9 Å². The highest BCUT2D eigenvalue weighted by atomic mass is 19.1. The van der Waals surface area contributed by atoms with Gasteiger partial charge in [0.2, 0.25) is 5.78 Å². The monoisotopic (exact) mass is 406 g/mol. The van der Waals surface area contributed by atoms with Crippen molar-refractivity contribution in [2.75, 3.05) is 25.2 Å². The molecule has 0 saturated heterocycles. The molecular formula is C20H23FN2O6. The van der Waals surface area contributed by atoms with E-state index >= 15 is 0 Å². The van der Waals surface area contributed by atoms with E-state index in [0.29, 0.717) is 0 Å². The van der Waals surface area contributed by atoms with Crippen molar-refractivity contribution in [3.05, 3.63) is 41.1 Å². The van der Waals surface area contributed by atoms with E-state index in [9.17, 15) is 18.8 Å². The number of alkyl carbamates (subject to hydrolysis) is 1. The molecule has 9 heteroatoms. The summed E-state index contributed by atoms with van der Waals surface area (Å²) in [5.74, 6) is -2.12. The SMILES string of the molecule is CCOC1=C([C@@]2(NC(=O)OC(C)(C)C)C(=O)N(C)c3c(F)cccc32)C(=O)CO1. The quantitative estimate of drug-likeness (QED) is 0.825. The topological polar surface area (TPSA) is 94.2 Å². The van der Waals surface area contributed by atoms with Gasteiger partial charge in [-0.25, -0.2) is 9.18 Å². The van der Waals surface area contributed by atoms with Gasteiger partial charge in [-0.15, -0.1) is 0 Å².